The van der Waals surface area contributed by atoms with Gasteiger partial charge in [0.25, 0.3) is 0 Å². The van der Waals surface area contributed by atoms with Crippen molar-refractivity contribution >= 4 is 12.6 Å². The van der Waals surface area contributed by atoms with Crippen LogP contribution in [0.2, 0.25) is 0 Å². The quantitative estimate of drug-likeness (QED) is 0.348. The normalized spacial score (nSPS) is 13.5. The first kappa shape index (κ1) is 10.3. The first-order valence-electron chi connectivity index (χ1n) is 3.65. The van der Waals surface area contributed by atoms with Crippen molar-refractivity contribution in [3.05, 3.63) is 0 Å². The third-order valence-corrected chi connectivity index (χ3v) is 2.03. The van der Waals surface area contributed by atoms with Crippen LogP contribution in [0.3, 0.4) is 0 Å². The van der Waals surface area contributed by atoms with Crippen LogP contribution in [-0.4, -0.2) is 26.1 Å². The first-order chi connectivity index (χ1) is 4.85. The highest BCUT2D eigenvalue weighted by molar-refractivity contribution is 7.80. The van der Waals surface area contributed by atoms with E-state index in [0.29, 0.717) is 12.6 Å². The van der Waals surface area contributed by atoms with Crippen LogP contribution in [-0.2, 0) is 4.74 Å². The number of hydrogen-bond donors (Lipinski definition) is 2. The van der Waals surface area contributed by atoms with Gasteiger partial charge in [-0.3, -0.25) is 5.32 Å². The standard InChI is InChI=1S/C7H17NOS/c1-3-7(5-10)4-8-6-9-2/h7-8,10H,3-6H2,1-2H3. The molecule has 3 heteroatoms. The fourth-order valence-electron chi connectivity index (χ4n) is 0.703. The van der Waals surface area contributed by atoms with Gasteiger partial charge in [-0.1, -0.05) is 13.3 Å². The van der Waals surface area contributed by atoms with E-state index in [1.54, 1.807) is 7.11 Å². The Kier molecular flexibility index (Phi) is 7.58. The van der Waals surface area contributed by atoms with E-state index in [4.69, 9.17) is 4.74 Å². The minimum atomic E-state index is 0.643. The largest absolute Gasteiger partial charge is 0.370 e. The van der Waals surface area contributed by atoms with E-state index in [9.17, 15) is 0 Å². The first-order valence-corrected chi connectivity index (χ1v) is 4.28. The second-order valence-electron chi connectivity index (χ2n) is 2.34. The van der Waals surface area contributed by atoms with Crippen molar-refractivity contribution in [1.29, 1.82) is 0 Å². The van der Waals surface area contributed by atoms with Crippen molar-refractivity contribution in [2.75, 3.05) is 26.1 Å². The van der Waals surface area contributed by atoms with E-state index >= 15 is 0 Å². The predicted molar refractivity (Wildman–Crippen MR) is 47.5 cm³/mol. The molecule has 0 aromatic carbocycles. The molecular formula is C7H17NOS. The Labute approximate surface area is 68.7 Å². The summed E-state index contributed by atoms with van der Waals surface area (Å²) in [5.41, 5.74) is 0. The summed E-state index contributed by atoms with van der Waals surface area (Å²) in [6.45, 7) is 3.83. The van der Waals surface area contributed by atoms with Crippen molar-refractivity contribution in [2.45, 2.75) is 13.3 Å². The van der Waals surface area contributed by atoms with E-state index in [0.717, 1.165) is 12.3 Å². The maximum Gasteiger partial charge on any atom is 0.0961 e. The van der Waals surface area contributed by atoms with Crippen LogP contribution in [0.25, 0.3) is 0 Å². The lowest BCUT2D eigenvalue weighted by molar-refractivity contribution is 0.171. The number of nitrogens with one attached hydrogen (secondary N) is 1. The average Bonchev–Trinajstić information content (AvgIpc) is 1.99. The maximum absolute atomic E-state index is 4.85. The van der Waals surface area contributed by atoms with Crippen LogP contribution in [0.15, 0.2) is 0 Å². The molecule has 0 aliphatic heterocycles. The van der Waals surface area contributed by atoms with Crippen LogP contribution in [0.4, 0.5) is 0 Å². The lowest BCUT2D eigenvalue weighted by Gasteiger charge is -2.11. The zero-order valence-corrected chi connectivity index (χ0v) is 7.66. The second-order valence-corrected chi connectivity index (χ2v) is 2.71. The predicted octanol–water partition coefficient (Wildman–Crippen LogP) is 1.14. The molecular weight excluding hydrogens is 146 g/mol. The average molecular weight is 163 g/mol. The molecule has 10 heavy (non-hydrogen) atoms. The molecule has 0 spiro atoms. The molecule has 0 rings (SSSR count). The minimum absolute atomic E-state index is 0.643. The molecule has 0 aromatic heterocycles. The number of hydrogen-bond acceptors (Lipinski definition) is 3. The van der Waals surface area contributed by atoms with Gasteiger partial charge in [-0.05, 0) is 11.7 Å². The fourth-order valence-corrected chi connectivity index (χ4v) is 1.09. The Bertz CT molecular complexity index is 66.6. The molecule has 0 saturated heterocycles. The monoisotopic (exact) mass is 163 g/mol. The highest BCUT2D eigenvalue weighted by Gasteiger charge is 2.00. The topological polar surface area (TPSA) is 21.3 Å². The van der Waals surface area contributed by atoms with Gasteiger partial charge in [-0.25, -0.2) is 0 Å². The van der Waals surface area contributed by atoms with Crippen molar-refractivity contribution in [3.8, 4) is 0 Å². The molecule has 0 fully saturated rings. The summed E-state index contributed by atoms with van der Waals surface area (Å²) in [7, 11) is 1.69. The van der Waals surface area contributed by atoms with Gasteiger partial charge in [-0.15, -0.1) is 0 Å². The molecule has 1 N–H and O–H groups in total. The van der Waals surface area contributed by atoms with Crippen molar-refractivity contribution in [2.24, 2.45) is 5.92 Å². The van der Waals surface area contributed by atoms with Gasteiger partial charge in [0.15, 0.2) is 0 Å². The Morgan fingerprint density at radius 3 is 2.70 bits per heavy atom. The molecule has 2 nitrogen and oxygen atoms in total. The Morgan fingerprint density at radius 1 is 1.60 bits per heavy atom. The van der Waals surface area contributed by atoms with Gasteiger partial charge >= 0.3 is 0 Å². The molecule has 0 aliphatic rings. The van der Waals surface area contributed by atoms with Gasteiger partial charge in [0.1, 0.15) is 0 Å². The molecule has 0 amide bonds. The number of ether oxygens (including phenoxy) is 1. The van der Waals surface area contributed by atoms with E-state index < -0.39 is 0 Å². The van der Waals surface area contributed by atoms with Gasteiger partial charge in [-0.2, -0.15) is 12.6 Å². The molecule has 0 aromatic rings. The minimum Gasteiger partial charge on any atom is -0.370 e. The van der Waals surface area contributed by atoms with E-state index in [1.165, 1.54) is 6.42 Å². The molecule has 0 heterocycles. The van der Waals surface area contributed by atoms with Crippen molar-refractivity contribution in [3.63, 3.8) is 0 Å². The molecule has 0 bridgehead atoms. The Balaban J connectivity index is 3.09. The van der Waals surface area contributed by atoms with Crippen LogP contribution in [0.1, 0.15) is 13.3 Å². The third kappa shape index (κ3) is 5.09. The summed E-state index contributed by atoms with van der Waals surface area (Å²) in [6, 6.07) is 0. The van der Waals surface area contributed by atoms with E-state index in [2.05, 4.69) is 24.9 Å². The summed E-state index contributed by atoms with van der Waals surface area (Å²) in [5, 5.41) is 3.17. The molecule has 0 aliphatic carbocycles. The van der Waals surface area contributed by atoms with Gasteiger partial charge in [0.2, 0.25) is 0 Å². The molecule has 0 radical (unpaired) electrons. The van der Waals surface area contributed by atoms with Crippen LogP contribution < -0.4 is 5.32 Å². The van der Waals surface area contributed by atoms with Crippen LogP contribution in [0, 0.1) is 5.92 Å². The van der Waals surface area contributed by atoms with E-state index in [1.807, 2.05) is 0 Å². The highest BCUT2D eigenvalue weighted by atomic mass is 32.1. The molecule has 0 saturated carbocycles. The fraction of sp³-hybridized carbons (Fsp3) is 1.00. The maximum atomic E-state index is 4.85. The van der Waals surface area contributed by atoms with Crippen molar-refractivity contribution in [1.82, 2.24) is 5.32 Å². The summed E-state index contributed by atoms with van der Waals surface area (Å²) < 4.78 is 4.85. The summed E-state index contributed by atoms with van der Waals surface area (Å²) in [6.07, 6.45) is 1.18. The van der Waals surface area contributed by atoms with Crippen LogP contribution in [0.5, 0.6) is 0 Å². The lowest BCUT2D eigenvalue weighted by Crippen LogP contribution is -2.25. The van der Waals surface area contributed by atoms with Crippen LogP contribution >= 0.6 is 12.6 Å². The number of rotatable bonds is 6. The second kappa shape index (κ2) is 7.38. The van der Waals surface area contributed by atoms with Gasteiger partial charge in [0, 0.05) is 13.7 Å². The smallest absolute Gasteiger partial charge is 0.0961 e. The lowest BCUT2D eigenvalue weighted by atomic mass is 10.1. The SMILES string of the molecule is CCC(CS)CNCOC. The summed E-state index contributed by atoms with van der Waals surface area (Å²) >= 11 is 4.22. The summed E-state index contributed by atoms with van der Waals surface area (Å²) in [5.74, 6) is 1.63. The Hall–Kier alpha value is 0.270. The number of thiol groups is 1. The third-order valence-electron chi connectivity index (χ3n) is 1.51. The zero-order valence-electron chi connectivity index (χ0n) is 6.76. The summed E-state index contributed by atoms with van der Waals surface area (Å²) in [4.78, 5) is 0. The Morgan fingerprint density at radius 2 is 2.30 bits per heavy atom. The zero-order chi connectivity index (χ0) is 7.82. The molecule has 1 atom stereocenters. The van der Waals surface area contributed by atoms with Crippen molar-refractivity contribution < 1.29 is 4.74 Å². The van der Waals surface area contributed by atoms with E-state index in [-0.39, 0.29) is 0 Å². The highest BCUT2D eigenvalue weighted by Crippen LogP contribution is 2.01. The molecule has 62 valence electrons. The molecule has 1 unspecified atom stereocenters. The van der Waals surface area contributed by atoms with Gasteiger partial charge in [0.05, 0.1) is 6.73 Å². The van der Waals surface area contributed by atoms with Gasteiger partial charge < -0.3 is 4.74 Å². The number of methoxy groups -OCH3 is 1.